The lowest BCUT2D eigenvalue weighted by Crippen LogP contribution is -2.32. The van der Waals surface area contributed by atoms with E-state index in [9.17, 15) is 0 Å². The number of fused-ring (bicyclic) bond motifs is 1. The predicted molar refractivity (Wildman–Crippen MR) is 87.0 cm³/mol. The van der Waals surface area contributed by atoms with Gasteiger partial charge in [-0.3, -0.25) is 0 Å². The van der Waals surface area contributed by atoms with E-state index in [4.69, 9.17) is 0 Å². The third kappa shape index (κ3) is 2.60. The third-order valence-corrected chi connectivity index (χ3v) is 5.06. The van der Waals surface area contributed by atoms with E-state index in [1.54, 1.807) is 0 Å². The van der Waals surface area contributed by atoms with Crippen LogP contribution in [-0.4, -0.2) is 12.6 Å². The molecule has 0 aromatic heterocycles. The third-order valence-electron chi connectivity index (χ3n) is 5.06. The molecule has 0 spiro atoms. The lowest BCUT2D eigenvalue weighted by atomic mass is 9.88. The van der Waals surface area contributed by atoms with Crippen LogP contribution in [0, 0.1) is 11.8 Å². The first kappa shape index (κ1) is 13.6. The Morgan fingerprint density at radius 3 is 2.70 bits per heavy atom. The molecule has 3 rings (SSSR count). The van der Waals surface area contributed by atoms with Crippen molar-refractivity contribution < 1.29 is 0 Å². The predicted octanol–water partition coefficient (Wildman–Crippen LogP) is 4.41. The molecule has 1 N–H and O–H groups in total. The van der Waals surface area contributed by atoms with Crippen LogP contribution in [0.5, 0.6) is 0 Å². The summed E-state index contributed by atoms with van der Waals surface area (Å²) in [5, 5.41) is 6.46. The lowest BCUT2D eigenvalue weighted by molar-refractivity contribution is 0.355. The van der Waals surface area contributed by atoms with Crippen LogP contribution < -0.4 is 5.32 Å². The van der Waals surface area contributed by atoms with Crippen molar-refractivity contribution in [1.29, 1.82) is 0 Å². The number of benzene rings is 2. The zero-order valence-corrected chi connectivity index (χ0v) is 12.6. The summed E-state index contributed by atoms with van der Waals surface area (Å²) < 4.78 is 0. The minimum atomic E-state index is 0.722. The summed E-state index contributed by atoms with van der Waals surface area (Å²) in [6, 6.07) is 16.2. The first-order valence-corrected chi connectivity index (χ1v) is 7.99. The smallest absolute Gasteiger partial charge is 0.00954 e. The summed E-state index contributed by atoms with van der Waals surface area (Å²) in [5.41, 5.74) is 1.53. The fourth-order valence-corrected chi connectivity index (χ4v) is 3.84. The molecule has 106 valence electrons. The maximum atomic E-state index is 3.65. The van der Waals surface area contributed by atoms with Gasteiger partial charge in [-0.2, -0.15) is 0 Å². The molecule has 0 saturated heterocycles. The maximum absolute atomic E-state index is 3.65. The van der Waals surface area contributed by atoms with E-state index < -0.39 is 0 Å². The Morgan fingerprint density at radius 1 is 1.05 bits per heavy atom. The molecule has 2 aromatic rings. The zero-order valence-electron chi connectivity index (χ0n) is 12.6. The second-order valence-electron chi connectivity index (χ2n) is 6.20. The van der Waals surface area contributed by atoms with Crippen LogP contribution in [0.15, 0.2) is 42.5 Å². The van der Waals surface area contributed by atoms with Crippen LogP contribution in [0.3, 0.4) is 0 Å². The van der Waals surface area contributed by atoms with Crippen LogP contribution in [0.4, 0.5) is 0 Å². The molecule has 2 aromatic carbocycles. The fraction of sp³-hybridized carbons (Fsp3) is 0.474. The van der Waals surface area contributed by atoms with E-state index in [0.29, 0.717) is 0 Å². The summed E-state index contributed by atoms with van der Waals surface area (Å²) in [5.74, 6) is 1.61. The van der Waals surface area contributed by atoms with E-state index in [1.807, 2.05) is 0 Å². The van der Waals surface area contributed by atoms with Crippen LogP contribution in [-0.2, 0) is 6.42 Å². The van der Waals surface area contributed by atoms with Crippen molar-refractivity contribution in [3.8, 4) is 0 Å². The highest BCUT2D eigenvalue weighted by Gasteiger charge is 2.32. The van der Waals surface area contributed by atoms with Gasteiger partial charge in [0.15, 0.2) is 0 Å². The second-order valence-corrected chi connectivity index (χ2v) is 6.20. The van der Waals surface area contributed by atoms with Gasteiger partial charge in [0.25, 0.3) is 0 Å². The highest BCUT2D eigenvalue weighted by Crippen LogP contribution is 2.35. The van der Waals surface area contributed by atoms with Crippen molar-refractivity contribution in [2.24, 2.45) is 11.8 Å². The minimum Gasteiger partial charge on any atom is -0.314 e. The largest absolute Gasteiger partial charge is 0.314 e. The molecule has 1 fully saturated rings. The van der Waals surface area contributed by atoms with Gasteiger partial charge in [-0.25, -0.2) is 0 Å². The van der Waals surface area contributed by atoms with Crippen LogP contribution >= 0.6 is 0 Å². The van der Waals surface area contributed by atoms with Crippen molar-refractivity contribution in [2.45, 2.75) is 39.2 Å². The molecule has 1 heteroatoms. The highest BCUT2D eigenvalue weighted by molar-refractivity contribution is 5.85. The molecule has 1 aliphatic rings. The summed E-state index contributed by atoms with van der Waals surface area (Å²) in [7, 11) is 0. The fourth-order valence-electron chi connectivity index (χ4n) is 3.84. The molecule has 0 heterocycles. The van der Waals surface area contributed by atoms with Gasteiger partial charge in [-0.15, -0.1) is 0 Å². The Bertz CT molecular complexity index is 569. The standard InChI is InChI=1S/C19H25N/c1-3-20-19-12-11-16(14(19)2)13-17-9-6-8-15-7-4-5-10-18(15)17/h4-10,14,16,19-20H,3,11-13H2,1-2H3. The average Bonchev–Trinajstić information content (AvgIpc) is 2.81. The average molecular weight is 267 g/mol. The summed E-state index contributed by atoms with van der Waals surface area (Å²) >= 11 is 0. The molecule has 1 aliphatic carbocycles. The van der Waals surface area contributed by atoms with Gasteiger partial charge < -0.3 is 5.32 Å². The van der Waals surface area contributed by atoms with Gasteiger partial charge in [-0.05, 0) is 54.0 Å². The lowest BCUT2D eigenvalue weighted by Gasteiger charge is -2.22. The maximum Gasteiger partial charge on any atom is 0.00954 e. The molecular formula is C19H25N. The van der Waals surface area contributed by atoms with Crippen molar-refractivity contribution in [2.75, 3.05) is 6.54 Å². The number of rotatable bonds is 4. The van der Waals surface area contributed by atoms with Gasteiger partial charge in [0, 0.05) is 6.04 Å². The number of hydrogen-bond donors (Lipinski definition) is 1. The molecular weight excluding hydrogens is 242 g/mol. The van der Waals surface area contributed by atoms with Gasteiger partial charge >= 0.3 is 0 Å². The molecule has 0 aliphatic heterocycles. The first-order valence-electron chi connectivity index (χ1n) is 7.99. The Morgan fingerprint density at radius 2 is 1.85 bits per heavy atom. The quantitative estimate of drug-likeness (QED) is 0.865. The van der Waals surface area contributed by atoms with Crippen molar-refractivity contribution in [3.63, 3.8) is 0 Å². The van der Waals surface area contributed by atoms with Gasteiger partial charge in [0.05, 0.1) is 0 Å². The summed E-state index contributed by atoms with van der Waals surface area (Å²) in [6.45, 7) is 5.73. The molecule has 3 atom stereocenters. The van der Waals surface area contributed by atoms with E-state index >= 15 is 0 Å². The Labute approximate surface area is 122 Å². The highest BCUT2D eigenvalue weighted by atomic mass is 14.9. The normalized spacial score (nSPS) is 26.2. The SMILES string of the molecule is CCNC1CCC(Cc2cccc3ccccc23)C1C. The number of hydrogen-bond acceptors (Lipinski definition) is 1. The zero-order chi connectivity index (χ0) is 13.9. The second kappa shape index (κ2) is 5.97. The van der Waals surface area contributed by atoms with E-state index in [-0.39, 0.29) is 0 Å². The van der Waals surface area contributed by atoms with E-state index in [0.717, 1.165) is 24.4 Å². The molecule has 0 bridgehead atoms. The molecule has 1 saturated carbocycles. The molecule has 20 heavy (non-hydrogen) atoms. The monoisotopic (exact) mass is 267 g/mol. The van der Waals surface area contributed by atoms with Crippen LogP contribution in [0.1, 0.15) is 32.3 Å². The Balaban J connectivity index is 1.80. The van der Waals surface area contributed by atoms with Crippen LogP contribution in [0.2, 0.25) is 0 Å². The van der Waals surface area contributed by atoms with E-state index in [1.165, 1.54) is 35.6 Å². The van der Waals surface area contributed by atoms with Gasteiger partial charge in [0.1, 0.15) is 0 Å². The van der Waals surface area contributed by atoms with Crippen LogP contribution in [0.25, 0.3) is 10.8 Å². The van der Waals surface area contributed by atoms with E-state index in [2.05, 4.69) is 61.6 Å². The first-order chi connectivity index (χ1) is 9.79. The molecule has 3 unspecified atom stereocenters. The Kier molecular flexibility index (Phi) is 4.07. The van der Waals surface area contributed by atoms with Gasteiger partial charge in [-0.1, -0.05) is 56.3 Å². The number of nitrogens with one attached hydrogen (secondary N) is 1. The molecule has 1 nitrogen and oxygen atoms in total. The Hall–Kier alpha value is -1.34. The van der Waals surface area contributed by atoms with Gasteiger partial charge in [0.2, 0.25) is 0 Å². The molecule has 0 amide bonds. The van der Waals surface area contributed by atoms with Crippen molar-refractivity contribution >= 4 is 10.8 Å². The van der Waals surface area contributed by atoms with Crippen molar-refractivity contribution in [1.82, 2.24) is 5.32 Å². The summed E-state index contributed by atoms with van der Waals surface area (Å²) in [6.07, 6.45) is 3.93. The minimum absolute atomic E-state index is 0.722. The molecule has 0 radical (unpaired) electrons. The van der Waals surface area contributed by atoms with Crippen molar-refractivity contribution in [3.05, 3.63) is 48.0 Å². The summed E-state index contributed by atoms with van der Waals surface area (Å²) in [4.78, 5) is 0. The topological polar surface area (TPSA) is 12.0 Å².